The number of carbonyl (C=O) groups is 2. The van der Waals surface area contributed by atoms with E-state index in [0.717, 1.165) is 65.1 Å². The lowest BCUT2D eigenvalue weighted by Gasteiger charge is -2.48. The molecule has 0 saturated carbocycles. The lowest BCUT2D eigenvalue weighted by molar-refractivity contribution is -0.140. The zero-order valence-electron chi connectivity index (χ0n) is 15.7. The summed E-state index contributed by atoms with van der Waals surface area (Å²) in [6, 6.07) is 0.490. The van der Waals surface area contributed by atoms with Crippen LogP contribution in [0, 0.1) is 5.92 Å². The minimum Gasteiger partial charge on any atom is -0.385 e. The smallest absolute Gasteiger partial charge is 0.320 e. The standard InChI is InChI=1S/C18H32N4O3/c1-19-9-11-20(12-10-19)18(24)21-8-6-16-15(14-21)4-5-17(23)22(16)7-3-13-25-2/h15-16H,3-14H2,1-2H3/t15-,16+/m0/s1. The minimum absolute atomic E-state index is 0.189. The van der Waals surface area contributed by atoms with E-state index in [4.69, 9.17) is 4.74 Å². The van der Waals surface area contributed by atoms with Gasteiger partial charge >= 0.3 is 6.03 Å². The monoisotopic (exact) mass is 352 g/mol. The summed E-state index contributed by atoms with van der Waals surface area (Å²) in [5, 5.41) is 0. The lowest BCUT2D eigenvalue weighted by atomic mass is 9.83. The number of urea groups is 1. The number of likely N-dealkylation sites (N-methyl/N-ethyl adjacent to an activating group) is 1. The molecule has 25 heavy (non-hydrogen) atoms. The van der Waals surface area contributed by atoms with Crippen LogP contribution >= 0.6 is 0 Å². The number of likely N-dealkylation sites (tertiary alicyclic amines) is 2. The normalized spacial score (nSPS) is 28.2. The Balaban J connectivity index is 1.56. The fourth-order valence-electron chi connectivity index (χ4n) is 4.39. The largest absolute Gasteiger partial charge is 0.385 e. The molecule has 0 radical (unpaired) electrons. The van der Waals surface area contributed by atoms with E-state index in [1.165, 1.54) is 0 Å². The van der Waals surface area contributed by atoms with Crippen molar-refractivity contribution in [2.45, 2.75) is 31.7 Å². The summed E-state index contributed by atoms with van der Waals surface area (Å²) in [6.07, 6.45) is 3.32. The van der Waals surface area contributed by atoms with Crippen molar-refractivity contribution in [2.24, 2.45) is 5.92 Å². The van der Waals surface area contributed by atoms with Gasteiger partial charge in [0.15, 0.2) is 0 Å². The molecule has 0 aromatic heterocycles. The Kier molecular flexibility index (Phi) is 6.17. The Labute approximate surface area is 150 Å². The molecule has 0 aliphatic carbocycles. The molecule has 3 saturated heterocycles. The van der Waals surface area contributed by atoms with Crippen molar-refractivity contribution in [3.05, 3.63) is 0 Å². The molecular weight excluding hydrogens is 320 g/mol. The van der Waals surface area contributed by atoms with Crippen molar-refractivity contribution >= 4 is 11.9 Å². The molecule has 3 aliphatic heterocycles. The molecule has 0 unspecified atom stereocenters. The maximum Gasteiger partial charge on any atom is 0.320 e. The minimum atomic E-state index is 0.189. The highest BCUT2D eigenvalue weighted by Crippen LogP contribution is 2.31. The number of piperazine rings is 1. The van der Waals surface area contributed by atoms with Crippen molar-refractivity contribution in [3.8, 4) is 0 Å². The lowest BCUT2D eigenvalue weighted by Crippen LogP contribution is -2.60. The van der Waals surface area contributed by atoms with Crippen LogP contribution < -0.4 is 0 Å². The number of nitrogens with zero attached hydrogens (tertiary/aromatic N) is 4. The summed E-state index contributed by atoms with van der Waals surface area (Å²) in [5.74, 6) is 0.696. The number of methoxy groups -OCH3 is 1. The van der Waals surface area contributed by atoms with E-state index in [9.17, 15) is 9.59 Å². The summed E-state index contributed by atoms with van der Waals surface area (Å²) in [5.41, 5.74) is 0. The zero-order chi connectivity index (χ0) is 17.8. The number of hydrogen-bond acceptors (Lipinski definition) is 4. The molecule has 0 N–H and O–H groups in total. The molecule has 3 rings (SSSR count). The van der Waals surface area contributed by atoms with Gasteiger partial charge in [0, 0.05) is 72.0 Å². The van der Waals surface area contributed by atoms with Crippen LogP contribution in [0.15, 0.2) is 0 Å². The highest BCUT2D eigenvalue weighted by molar-refractivity contribution is 5.78. The topological polar surface area (TPSA) is 56.3 Å². The first kappa shape index (κ1) is 18.5. The first-order valence-electron chi connectivity index (χ1n) is 9.61. The number of piperidine rings is 2. The molecule has 3 aliphatic rings. The molecule has 3 heterocycles. The second kappa shape index (κ2) is 8.36. The maximum atomic E-state index is 12.8. The van der Waals surface area contributed by atoms with Gasteiger partial charge in [-0.1, -0.05) is 0 Å². The SMILES string of the molecule is COCCCN1C(=O)CC[C@H]2CN(C(=O)N3CCN(C)CC3)CC[C@H]21. The predicted octanol–water partition coefficient (Wildman–Crippen LogP) is 0.703. The highest BCUT2D eigenvalue weighted by Gasteiger charge is 2.40. The number of carbonyl (C=O) groups excluding carboxylic acids is 2. The average molecular weight is 352 g/mol. The molecule has 7 heteroatoms. The molecule has 7 nitrogen and oxygen atoms in total. The molecule has 2 atom stereocenters. The Bertz CT molecular complexity index is 479. The fourth-order valence-corrected chi connectivity index (χ4v) is 4.39. The fraction of sp³-hybridized carbons (Fsp3) is 0.889. The van der Waals surface area contributed by atoms with Crippen molar-refractivity contribution in [2.75, 3.05) is 66.6 Å². The van der Waals surface area contributed by atoms with Gasteiger partial charge in [0.2, 0.25) is 5.91 Å². The van der Waals surface area contributed by atoms with Gasteiger partial charge in [-0.15, -0.1) is 0 Å². The molecule has 0 bridgehead atoms. The van der Waals surface area contributed by atoms with E-state index in [1.807, 2.05) is 9.80 Å². The molecule has 3 amide bonds. The highest BCUT2D eigenvalue weighted by atomic mass is 16.5. The summed E-state index contributed by atoms with van der Waals surface area (Å²) < 4.78 is 5.13. The molecule has 0 aromatic rings. The third-order valence-electron chi connectivity index (χ3n) is 5.94. The van der Waals surface area contributed by atoms with Crippen LogP contribution in [-0.2, 0) is 9.53 Å². The van der Waals surface area contributed by atoms with Gasteiger partial charge in [0.1, 0.15) is 0 Å². The average Bonchev–Trinajstić information content (AvgIpc) is 2.63. The van der Waals surface area contributed by atoms with Crippen LogP contribution in [0.2, 0.25) is 0 Å². The van der Waals surface area contributed by atoms with Gasteiger partial charge in [0.25, 0.3) is 0 Å². The van der Waals surface area contributed by atoms with E-state index >= 15 is 0 Å². The Hall–Kier alpha value is -1.34. The van der Waals surface area contributed by atoms with Crippen LogP contribution in [0.4, 0.5) is 4.79 Å². The van der Waals surface area contributed by atoms with Gasteiger partial charge in [-0.3, -0.25) is 4.79 Å². The van der Waals surface area contributed by atoms with Crippen molar-refractivity contribution < 1.29 is 14.3 Å². The van der Waals surface area contributed by atoms with Crippen LogP contribution in [-0.4, -0.2) is 104 Å². The number of rotatable bonds is 4. The van der Waals surface area contributed by atoms with E-state index < -0.39 is 0 Å². The van der Waals surface area contributed by atoms with Crippen molar-refractivity contribution in [3.63, 3.8) is 0 Å². The summed E-state index contributed by atoms with van der Waals surface area (Å²) >= 11 is 0. The second-order valence-corrected chi connectivity index (χ2v) is 7.61. The molecular formula is C18H32N4O3. The third kappa shape index (κ3) is 4.26. The van der Waals surface area contributed by atoms with E-state index in [1.54, 1.807) is 7.11 Å². The van der Waals surface area contributed by atoms with E-state index in [-0.39, 0.29) is 11.9 Å². The van der Waals surface area contributed by atoms with Crippen LogP contribution in [0.5, 0.6) is 0 Å². The van der Waals surface area contributed by atoms with Gasteiger partial charge < -0.3 is 24.3 Å². The molecule has 142 valence electrons. The first-order valence-corrected chi connectivity index (χ1v) is 9.61. The quantitative estimate of drug-likeness (QED) is 0.699. The van der Waals surface area contributed by atoms with Crippen LogP contribution in [0.3, 0.4) is 0 Å². The molecule has 0 aromatic carbocycles. The van der Waals surface area contributed by atoms with Gasteiger partial charge in [-0.2, -0.15) is 0 Å². The van der Waals surface area contributed by atoms with E-state index in [2.05, 4.69) is 16.8 Å². The summed E-state index contributed by atoms with van der Waals surface area (Å²) in [6.45, 7) is 6.57. The molecule has 3 fully saturated rings. The number of fused-ring (bicyclic) bond motifs is 1. The van der Waals surface area contributed by atoms with Crippen LogP contribution in [0.1, 0.15) is 25.7 Å². The van der Waals surface area contributed by atoms with Gasteiger partial charge in [0.05, 0.1) is 0 Å². The Morgan fingerprint density at radius 1 is 1.12 bits per heavy atom. The first-order chi connectivity index (χ1) is 12.1. The second-order valence-electron chi connectivity index (χ2n) is 7.61. The maximum absolute atomic E-state index is 12.8. The zero-order valence-corrected chi connectivity index (χ0v) is 15.7. The Morgan fingerprint density at radius 3 is 2.60 bits per heavy atom. The van der Waals surface area contributed by atoms with Crippen molar-refractivity contribution in [1.82, 2.24) is 19.6 Å². The number of ether oxygens (including phenoxy) is 1. The van der Waals surface area contributed by atoms with Crippen molar-refractivity contribution in [1.29, 1.82) is 0 Å². The number of hydrogen-bond donors (Lipinski definition) is 0. The molecule has 0 spiro atoms. The van der Waals surface area contributed by atoms with Crippen LogP contribution in [0.25, 0.3) is 0 Å². The van der Waals surface area contributed by atoms with E-state index in [0.29, 0.717) is 25.0 Å². The Morgan fingerprint density at radius 2 is 1.88 bits per heavy atom. The van der Waals surface area contributed by atoms with Gasteiger partial charge in [-0.05, 0) is 32.2 Å². The van der Waals surface area contributed by atoms with Gasteiger partial charge in [-0.25, -0.2) is 4.79 Å². The summed E-state index contributed by atoms with van der Waals surface area (Å²) in [7, 11) is 3.80. The third-order valence-corrected chi connectivity index (χ3v) is 5.94. The number of amides is 3. The summed E-state index contributed by atoms with van der Waals surface area (Å²) in [4.78, 5) is 33.5. The predicted molar refractivity (Wildman–Crippen MR) is 95.4 cm³/mol.